The van der Waals surface area contributed by atoms with Crippen molar-refractivity contribution in [2.75, 3.05) is 12.4 Å². The number of hydrogen-bond acceptors (Lipinski definition) is 5. The maximum Gasteiger partial charge on any atom is 0.267 e. The number of hydrogen-bond donors (Lipinski definition) is 0. The maximum absolute atomic E-state index is 13.3. The van der Waals surface area contributed by atoms with Crippen LogP contribution in [0.3, 0.4) is 0 Å². The van der Waals surface area contributed by atoms with Crippen LogP contribution in [0.15, 0.2) is 82.7 Å². The molecule has 0 aliphatic carbocycles. The van der Waals surface area contributed by atoms with Crippen molar-refractivity contribution in [3.8, 4) is 11.4 Å². The molecule has 3 aromatic carbocycles. The summed E-state index contributed by atoms with van der Waals surface area (Å²) < 4.78 is 9.51. The molecule has 0 bridgehead atoms. The topological polar surface area (TPSA) is 61.4 Å². The zero-order valence-electron chi connectivity index (χ0n) is 17.9. The molecule has 5 rings (SSSR count). The highest BCUT2D eigenvalue weighted by Crippen LogP contribution is 2.24. The van der Waals surface area contributed by atoms with Crippen LogP contribution in [-0.2, 0) is 0 Å². The summed E-state index contributed by atoms with van der Waals surface area (Å²) in [5, 5.41) is 10.2. The van der Waals surface area contributed by atoms with Crippen molar-refractivity contribution in [1.82, 2.24) is 19.2 Å². The zero-order chi connectivity index (χ0) is 22.1. The van der Waals surface area contributed by atoms with Crippen molar-refractivity contribution in [1.29, 1.82) is 0 Å². The Kier molecular flexibility index (Phi) is 5.41. The first-order valence-corrected chi connectivity index (χ1v) is 11.4. The minimum atomic E-state index is -0.108. The van der Waals surface area contributed by atoms with Gasteiger partial charge in [-0.1, -0.05) is 59.8 Å². The van der Waals surface area contributed by atoms with Gasteiger partial charge in [0.1, 0.15) is 5.75 Å². The molecule has 2 aromatic heterocycles. The lowest BCUT2D eigenvalue weighted by Crippen LogP contribution is -2.21. The van der Waals surface area contributed by atoms with Crippen molar-refractivity contribution >= 4 is 28.4 Å². The lowest BCUT2D eigenvalue weighted by molar-refractivity contribution is 0.341. The van der Waals surface area contributed by atoms with Gasteiger partial charge in [0.25, 0.3) is 5.56 Å². The summed E-state index contributed by atoms with van der Waals surface area (Å²) in [5.74, 6) is 2.09. The zero-order valence-corrected chi connectivity index (χ0v) is 18.7. The minimum Gasteiger partial charge on any atom is -0.492 e. The first-order valence-electron chi connectivity index (χ1n) is 10.4. The number of aromatic nitrogens is 4. The molecule has 0 unspecified atom stereocenters. The predicted molar refractivity (Wildman–Crippen MR) is 128 cm³/mol. The van der Waals surface area contributed by atoms with E-state index in [1.807, 2.05) is 91.0 Å². The van der Waals surface area contributed by atoms with Gasteiger partial charge in [0.05, 0.1) is 23.2 Å². The van der Waals surface area contributed by atoms with E-state index in [1.165, 1.54) is 0 Å². The smallest absolute Gasteiger partial charge is 0.267 e. The SMILES string of the molecule is Cc1ccc(-n2c(=O)c3ccccc3n3c(SCCOc4ccccc4C)nnc23)cc1. The van der Waals surface area contributed by atoms with Crippen LogP contribution in [0.1, 0.15) is 11.1 Å². The van der Waals surface area contributed by atoms with Crippen LogP contribution < -0.4 is 10.3 Å². The van der Waals surface area contributed by atoms with Gasteiger partial charge >= 0.3 is 0 Å². The normalized spacial score (nSPS) is 11.3. The van der Waals surface area contributed by atoms with E-state index in [0.29, 0.717) is 23.5 Å². The molecule has 0 spiro atoms. The molecule has 7 heteroatoms. The molecule has 0 saturated carbocycles. The molecule has 160 valence electrons. The van der Waals surface area contributed by atoms with E-state index in [-0.39, 0.29) is 5.56 Å². The molecular formula is C25H22N4O2S. The number of fused-ring (bicyclic) bond motifs is 3. The molecular weight excluding hydrogens is 420 g/mol. The third kappa shape index (κ3) is 3.65. The summed E-state index contributed by atoms with van der Waals surface area (Å²) in [6, 6.07) is 23.4. The van der Waals surface area contributed by atoms with Gasteiger partial charge in [-0.05, 0) is 49.7 Å². The average Bonchev–Trinajstić information content (AvgIpc) is 3.23. The molecule has 6 nitrogen and oxygen atoms in total. The van der Waals surface area contributed by atoms with Gasteiger partial charge in [0, 0.05) is 5.75 Å². The van der Waals surface area contributed by atoms with Crippen LogP contribution in [0.4, 0.5) is 0 Å². The maximum atomic E-state index is 13.3. The highest BCUT2D eigenvalue weighted by Gasteiger charge is 2.17. The van der Waals surface area contributed by atoms with E-state index in [9.17, 15) is 4.79 Å². The fourth-order valence-electron chi connectivity index (χ4n) is 3.70. The Morgan fingerprint density at radius 3 is 2.47 bits per heavy atom. The van der Waals surface area contributed by atoms with Gasteiger partial charge in [-0.3, -0.25) is 9.20 Å². The molecule has 0 amide bonds. The second-order valence-corrected chi connectivity index (χ2v) is 8.64. The van der Waals surface area contributed by atoms with Gasteiger partial charge in [-0.25, -0.2) is 4.57 Å². The van der Waals surface area contributed by atoms with Crippen LogP contribution in [0.2, 0.25) is 0 Å². The Hall–Kier alpha value is -3.58. The Balaban J connectivity index is 1.53. The number of nitrogens with zero attached hydrogens (tertiary/aromatic N) is 4. The van der Waals surface area contributed by atoms with Crippen molar-refractivity contribution < 1.29 is 4.74 Å². The van der Waals surface area contributed by atoms with E-state index in [4.69, 9.17) is 4.74 Å². The second-order valence-electron chi connectivity index (χ2n) is 7.57. The Bertz CT molecular complexity index is 1470. The van der Waals surface area contributed by atoms with Crippen LogP contribution in [-0.4, -0.2) is 31.5 Å². The summed E-state index contributed by atoms with van der Waals surface area (Å²) in [5.41, 5.74) is 3.69. The van der Waals surface area contributed by atoms with Gasteiger partial charge in [0.15, 0.2) is 5.16 Å². The van der Waals surface area contributed by atoms with E-state index >= 15 is 0 Å². The molecule has 0 atom stereocenters. The lowest BCUT2D eigenvalue weighted by atomic mass is 10.2. The van der Waals surface area contributed by atoms with Crippen LogP contribution >= 0.6 is 11.8 Å². The fourth-order valence-corrected chi connectivity index (χ4v) is 4.46. The largest absolute Gasteiger partial charge is 0.492 e. The number of para-hydroxylation sites is 2. The van der Waals surface area contributed by atoms with E-state index in [2.05, 4.69) is 10.2 Å². The minimum absolute atomic E-state index is 0.108. The monoisotopic (exact) mass is 442 g/mol. The van der Waals surface area contributed by atoms with Crippen LogP contribution in [0.5, 0.6) is 5.75 Å². The highest BCUT2D eigenvalue weighted by molar-refractivity contribution is 7.99. The Labute approximate surface area is 189 Å². The molecule has 32 heavy (non-hydrogen) atoms. The molecule has 2 heterocycles. The Morgan fingerprint density at radius 2 is 1.66 bits per heavy atom. The van der Waals surface area contributed by atoms with Gasteiger partial charge in [-0.15, -0.1) is 10.2 Å². The summed E-state index contributed by atoms with van der Waals surface area (Å²) in [6.07, 6.45) is 0. The number of rotatable bonds is 6. The van der Waals surface area contributed by atoms with Crippen molar-refractivity contribution in [2.24, 2.45) is 0 Å². The average molecular weight is 443 g/mol. The fraction of sp³-hybridized carbons (Fsp3) is 0.160. The highest BCUT2D eigenvalue weighted by atomic mass is 32.2. The predicted octanol–water partition coefficient (Wildman–Crippen LogP) is 4.82. The van der Waals surface area contributed by atoms with Gasteiger partial charge < -0.3 is 4.74 Å². The van der Waals surface area contributed by atoms with E-state index < -0.39 is 0 Å². The van der Waals surface area contributed by atoms with Gasteiger partial charge in [0.2, 0.25) is 5.78 Å². The lowest BCUT2D eigenvalue weighted by Gasteiger charge is -2.12. The van der Waals surface area contributed by atoms with Crippen LogP contribution in [0, 0.1) is 13.8 Å². The van der Waals surface area contributed by atoms with Crippen molar-refractivity contribution in [3.63, 3.8) is 0 Å². The molecule has 0 saturated heterocycles. The number of thioether (sulfide) groups is 1. The summed E-state index contributed by atoms with van der Waals surface area (Å²) in [4.78, 5) is 13.3. The second kappa shape index (κ2) is 8.51. The van der Waals surface area contributed by atoms with E-state index in [0.717, 1.165) is 33.2 Å². The Morgan fingerprint density at radius 1 is 0.906 bits per heavy atom. The molecule has 0 aliphatic heterocycles. The van der Waals surface area contributed by atoms with Crippen LogP contribution in [0.25, 0.3) is 22.4 Å². The molecule has 5 aromatic rings. The molecule has 0 aliphatic rings. The molecule has 0 N–H and O–H groups in total. The summed E-state index contributed by atoms with van der Waals surface area (Å²) in [6.45, 7) is 4.60. The van der Waals surface area contributed by atoms with E-state index in [1.54, 1.807) is 16.3 Å². The first kappa shape index (κ1) is 20.3. The number of ether oxygens (including phenoxy) is 1. The van der Waals surface area contributed by atoms with Gasteiger partial charge in [-0.2, -0.15) is 0 Å². The third-order valence-electron chi connectivity index (χ3n) is 5.35. The number of benzene rings is 3. The first-order chi connectivity index (χ1) is 15.6. The quantitative estimate of drug-likeness (QED) is 0.279. The van der Waals surface area contributed by atoms with Crippen molar-refractivity contribution in [2.45, 2.75) is 19.0 Å². The summed E-state index contributed by atoms with van der Waals surface area (Å²) in [7, 11) is 0. The third-order valence-corrected chi connectivity index (χ3v) is 6.25. The number of aryl methyl sites for hydroxylation is 2. The molecule has 0 fully saturated rings. The standard InChI is InChI=1S/C25H22N4O2S/c1-17-11-13-19(14-12-17)28-23(30)20-8-4-5-9-21(20)29-24(28)26-27-25(29)32-16-15-31-22-10-6-3-7-18(22)2/h3-14H,15-16H2,1-2H3. The van der Waals surface area contributed by atoms with Crippen molar-refractivity contribution in [3.05, 3.63) is 94.3 Å². The molecule has 0 radical (unpaired) electrons. The summed E-state index contributed by atoms with van der Waals surface area (Å²) >= 11 is 1.56.